The minimum Gasteiger partial charge on any atom is -0.396 e. The lowest BCUT2D eigenvalue weighted by Gasteiger charge is -2.37. The Morgan fingerprint density at radius 3 is 2.70 bits per heavy atom. The summed E-state index contributed by atoms with van der Waals surface area (Å²) in [4.78, 5) is 8.68. The maximum absolute atomic E-state index is 9.41. The van der Waals surface area contributed by atoms with Gasteiger partial charge in [-0.2, -0.15) is 4.98 Å². The molecule has 3 N–H and O–H groups in total. The lowest BCUT2D eigenvalue weighted by molar-refractivity contribution is 0.131. The normalized spacial score (nSPS) is 18.0. The van der Waals surface area contributed by atoms with Crippen molar-refractivity contribution in [3.63, 3.8) is 0 Å². The molecule has 0 amide bonds. The van der Waals surface area contributed by atoms with Crippen molar-refractivity contribution in [2.45, 2.75) is 58.9 Å². The van der Waals surface area contributed by atoms with E-state index in [0.717, 1.165) is 25.5 Å². The zero-order valence-electron chi connectivity index (χ0n) is 14.3. The average Bonchev–Trinajstić information content (AvgIpc) is 2.97. The van der Waals surface area contributed by atoms with Crippen molar-refractivity contribution >= 4 is 5.96 Å². The molecule has 1 aromatic heterocycles. The number of aryl methyl sites for hydroxylation is 1. The molecular weight excluding hydrogens is 294 g/mol. The van der Waals surface area contributed by atoms with Gasteiger partial charge in [-0.3, -0.25) is 0 Å². The Bertz CT molecular complexity index is 489. The number of guanidine groups is 1. The van der Waals surface area contributed by atoms with Crippen molar-refractivity contribution in [2.24, 2.45) is 10.4 Å². The molecule has 0 saturated heterocycles. The van der Waals surface area contributed by atoms with Gasteiger partial charge in [0.25, 0.3) is 0 Å². The second kappa shape index (κ2) is 8.86. The zero-order chi connectivity index (χ0) is 16.5. The van der Waals surface area contributed by atoms with Crippen LogP contribution in [-0.2, 0) is 6.54 Å². The standard InChI is InChI=1S/C16H29N5O2/c1-3-17-15(18-11-14-20-13(2)23-21-14)19-12-16(9-10-22)7-5-4-6-8-16/h22H,3-12H2,1-2H3,(H2,17,18,19). The molecule has 0 unspecified atom stereocenters. The Morgan fingerprint density at radius 1 is 1.30 bits per heavy atom. The molecule has 1 aromatic rings. The molecule has 0 aliphatic heterocycles. The molecular formula is C16H29N5O2. The molecule has 23 heavy (non-hydrogen) atoms. The predicted octanol–water partition coefficient (Wildman–Crippen LogP) is 1.77. The van der Waals surface area contributed by atoms with Gasteiger partial charge in [-0.1, -0.05) is 24.4 Å². The maximum atomic E-state index is 9.41. The smallest absolute Gasteiger partial charge is 0.223 e. The van der Waals surface area contributed by atoms with Crippen LogP contribution in [0.15, 0.2) is 9.52 Å². The Morgan fingerprint density at radius 2 is 2.09 bits per heavy atom. The molecule has 7 heteroatoms. The van der Waals surface area contributed by atoms with E-state index in [-0.39, 0.29) is 12.0 Å². The highest BCUT2D eigenvalue weighted by molar-refractivity contribution is 5.79. The summed E-state index contributed by atoms with van der Waals surface area (Å²) in [6, 6.07) is 0. The first-order valence-corrected chi connectivity index (χ1v) is 8.60. The zero-order valence-corrected chi connectivity index (χ0v) is 14.3. The van der Waals surface area contributed by atoms with Gasteiger partial charge in [0.15, 0.2) is 11.8 Å². The predicted molar refractivity (Wildman–Crippen MR) is 89.1 cm³/mol. The van der Waals surface area contributed by atoms with Gasteiger partial charge < -0.3 is 20.3 Å². The molecule has 0 radical (unpaired) electrons. The summed E-state index contributed by atoms with van der Waals surface area (Å²) in [6.45, 7) is 6.08. The van der Waals surface area contributed by atoms with E-state index in [4.69, 9.17) is 4.52 Å². The number of nitrogens with zero attached hydrogens (tertiary/aromatic N) is 3. The second-order valence-corrected chi connectivity index (χ2v) is 6.31. The van der Waals surface area contributed by atoms with Gasteiger partial charge >= 0.3 is 0 Å². The molecule has 1 heterocycles. The van der Waals surface area contributed by atoms with Gasteiger partial charge in [-0.05, 0) is 31.6 Å². The molecule has 0 aromatic carbocycles. The van der Waals surface area contributed by atoms with E-state index in [9.17, 15) is 5.11 Å². The lowest BCUT2D eigenvalue weighted by atomic mass is 9.72. The maximum Gasteiger partial charge on any atom is 0.223 e. The topological polar surface area (TPSA) is 95.6 Å². The minimum absolute atomic E-state index is 0.186. The molecule has 1 aliphatic rings. The molecule has 7 nitrogen and oxygen atoms in total. The number of hydrogen-bond donors (Lipinski definition) is 3. The quantitative estimate of drug-likeness (QED) is 0.523. The first-order valence-electron chi connectivity index (χ1n) is 8.60. The number of hydrogen-bond acceptors (Lipinski definition) is 5. The summed E-state index contributed by atoms with van der Waals surface area (Å²) < 4.78 is 4.96. The SMILES string of the molecule is CCNC(=NCc1noc(C)n1)NCC1(CCO)CCCCC1. The molecule has 130 valence electrons. The van der Waals surface area contributed by atoms with Crippen LogP contribution in [0, 0.1) is 12.3 Å². The minimum atomic E-state index is 0.186. The highest BCUT2D eigenvalue weighted by atomic mass is 16.5. The Labute approximate surface area is 138 Å². The van der Waals surface area contributed by atoms with Crippen molar-refractivity contribution in [2.75, 3.05) is 19.7 Å². The number of aliphatic hydroxyl groups excluding tert-OH is 1. The van der Waals surface area contributed by atoms with E-state index in [1.54, 1.807) is 6.92 Å². The van der Waals surface area contributed by atoms with Crippen molar-refractivity contribution in [3.8, 4) is 0 Å². The number of aromatic nitrogens is 2. The summed E-state index contributed by atoms with van der Waals surface area (Å²) in [5.74, 6) is 1.90. The van der Waals surface area contributed by atoms with Crippen LogP contribution in [0.1, 0.15) is 57.2 Å². The van der Waals surface area contributed by atoms with Crippen LogP contribution in [-0.4, -0.2) is 40.9 Å². The number of rotatable bonds is 7. The van der Waals surface area contributed by atoms with E-state index in [1.807, 2.05) is 6.92 Å². The van der Waals surface area contributed by atoms with E-state index in [2.05, 4.69) is 25.8 Å². The number of aliphatic imine (C=N–C) groups is 1. The van der Waals surface area contributed by atoms with E-state index >= 15 is 0 Å². The van der Waals surface area contributed by atoms with Crippen molar-refractivity contribution in [3.05, 3.63) is 11.7 Å². The van der Waals surface area contributed by atoms with Crippen LogP contribution in [0.5, 0.6) is 0 Å². The van der Waals surface area contributed by atoms with Crippen molar-refractivity contribution < 1.29 is 9.63 Å². The van der Waals surface area contributed by atoms with Gasteiger partial charge in [0.1, 0.15) is 6.54 Å². The summed E-state index contributed by atoms with van der Waals surface area (Å²) >= 11 is 0. The van der Waals surface area contributed by atoms with Crippen LogP contribution in [0.3, 0.4) is 0 Å². The molecule has 1 saturated carbocycles. The molecule has 0 atom stereocenters. The first-order chi connectivity index (χ1) is 11.2. The van der Waals surface area contributed by atoms with Crippen LogP contribution in [0.25, 0.3) is 0 Å². The fourth-order valence-corrected chi connectivity index (χ4v) is 3.22. The Balaban J connectivity index is 1.94. The van der Waals surface area contributed by atoms with E-state index in [1.165, 1.54) is 32.1 Å². The van der Waals surface area contributed by atoms with Crippen molar-refractivity contribution in [1.82, 2.24) is 20.8 Å². The third kappa shape index (κ3) is 5.49. The highest BCUT2D eigenvalue weighted by Crippen LogP contribution is 2.38. The van der Waals surface area contributed by atoms with Crippen molar-refractivity contribution in [1.29, 1.82) is 0 Å². The number of aliphatic hydroxyl groups is 1. The highest BCUT2D eigenvalue weighted by Gasteiger charge is 2.31. The van der Waals surface area contributed by atoms with Gasteiger partial charge in [-0.25, -0.2) is 4.99 Å². The van der Waals surface area contributed by atoms with Crippen LogP contribution >= 0.6 is 0 Å². The second-order valence-electron chi connectivity index (χ2n) is 6.31. The Hall–Kier alpha value is -1.63. The third-order valence-corrected chi connectivity index (χ3v) is 4.48. The van der Waals surface area contributed by atoms with Gasteiger partial charge in [0.2, 0.25) is 5.89 Å². The molecule has 1 fully saturated rings. The van der Waals surface area contributed by atoms with Crippen LogP contribution in [0.4, 0.5) is 0 Å². The fourth-order valence-electron chi connectivity index (χ4n) is 3.22. The largest absolute Gasteiger partial charge is 0.396 e. The molecule has 0 spiro atoms. The Kier molecular flexibility index (Phi) is 6.83. The monoisotopic (exact) mass is 323 g/mol. The first kappa shape index (κ1) is 17.7. The van der Waals surface area contributed by atoms with Crippen LogP contribution in [0.2, 0.25) is 0 Å². The summed E-state index contributed by atoms with van der Waals surface area (Å²) in [5, 5.41) is 19.9. The lowest BCUT2D eigenvalue weighted by Crippen LogP contribution is -2.45. The van der Waals surface area contributed by atoms with E-state index in [0.29, 0.717) is 18.3 Å². The molecule has 0 bridgehead atoms. The summed E-state index contributed by atoms with van der Waals surface area (Å²) in [7, 11) is 0. The molecule has 2 rings (SSSR count). The molecule has 1 aliphatic carbocycles. The van der Waals surface area contributed by atoms with Gasteiger partial charge in [0.05, 0.1) is 0 Å². The van der Waals surface area contributed by atoms with Gasteiger partial charge in [0, 0.05) is 26.6 Å². The average molecular weight is 323 g/mol. The van der Waals surface area contributed by atoms with Crippen LogP contribution < -0.4 is 10.6 Å². The summed E-state index contributed by atoms with van der Waals surface area (Å²) in [6.07, 6.45) is 6.99. The van der Waals surface area contributed by atoms with E-state index < -0.39 is 0 Å². The fraction of sp³-hybridized carbons (Fsp3) is 0.812. The van der Waals surface area contributed by atoms with Gasteiger partial charge in [-0.15, -0.1) is 0 Å². The number of nitrogens with one attached hydrogen (secondary N) is 2. The third-order valence-electron chi connectivity index (χ3n) is 4.48. The summed E-state index contributed by atoms with van der Waals surface area (Å²) in [5.41, 5.74) is 0.186.